The standard InChI is InChI=1S/C4H7.C2H5.CH3.2Y/c1-3-4-2;1-2;;;/h3H,1-2H3;1H2,2H3;1H3;;/q3*-1;;+3. The Morgan fingerprint density at radius 2 is 1.44 bits per heavy atom. The van der Waals surface area contributed by atoms with Crippen LogP contribution in [-0.4, -0.2) is 0 Å². The molecule has 0 aliphatic heterocycles. The molecule has 0 rings (SSSR count). The fraction of sp³-hybridized carbons (Fsp3) is 0.429. The zero-order chi connectivity index (χ0) is 5.41. The molecule has 0 spiro atoms. The molecule has 0 bridgehead atoms. The monoisotopic (exact) mass is 277 g/mol. The van der Waals surface area contributed by atoms with E-state index in [1.54, 1.807) is 6.92 Å². The second kappa shape index (κ2) is 51.1. The molecular weight excluding hydrogens is 262 g/mol. The van der Waals surface area contributed by atoms with Crippen molar-refractivity contribution in [3.8, 4) is 0 Å². The minimum Gasteiger partial charge on any atom is -0.504 e. The summed E-state index contributed by atoms with van der Waals surface area (Å²) in [5.74, 6) is 0. The van der Waals surface area contributed by atoms with Crippen LogP contribution in [0.3, 0.4) is 0 Å². The summed E-state index contributed by atoms with van der Waals surface area (Å²) in [6, 6.07) is 0. The quantitative estimate of drug-likeness (QED) is 0.597. The van der Waals surface area contributed by atoms with Gasteiger partial charge in [-0.1, -0.05) is 6.92 Å². The van der Waals surface area contributed by atoms with E-state index in [2.05, 4.69) is 13.0 Å². The molecule has 0 saturated heterocycles. The first kappa shape index (κ1) is 30.6. The van der Waals surface area contributed by atoms with Crippen molar-refractivity contribution in [2.24, 2.45) is 0 Å². The van der Waals surface area contributed by atoms with Crippen LogP contribution in [0, 0.1) is 20.4 Å². The van der Waals surface area contributed by atoms with Gasteiger partial charge >= 0.3 is 32.7 Å². The van der Waals surface area contributed by atoms with Crippen molar-refractivity contribution >= 4 is 0 Å². The van der Waals surface area contributed by atoms with Crippen molar-refractivity contribution in [1.29, 1.82) is 0 Å². The first-order valence-corrected chi connectivity index (χ1v) is 2.07. The summed E-state index contributed by atoms with van der Waals surface area (Å²) in [5, 5.41) is 0. The summed E-state index contributed by atoms with van der Waals surface area (Å²) in [5.41, 5.74) is 0. The molecule has 0 aliphatic rings. The molecule has 9 heavy (non-hydrogen) atoms. The molecule has 0 atom stereocenters. The molecule has 49 valence electrons. The van der Waals surface area contributed by atoms with Crippen molar-refractivity contribution in [1.82, 2.24) is 0 Å². The Hall–Kier alpha value is 1.95. The average Bonchev–Trinajstić information content (AvgIpc) is 1.72. The van der Waals surface area contributed by atoms with E-state index >= 15 is 0 Å². The second-order valence-electron chi connectivity index (χ2n) is 0.577. The Morgan fingerprint density at radius 3 is 1.44 bits per heavy atom. The van der Waals surface area contributed by atoms with Gasteiger partial charge in [0.25, 0.3) is 0 Å². The Bertz CT molecular complexity index is 22.1. The molecule has 0 aromatic rings. The predicted molar refractivity (Wildman–Crippen MR) is 36.6 cm³/mol. The summed E-state index contributed by atoms with van der Waals surface area (Å²) in [6.45, 7) is 8.82. The minimum atomic E-state index is 0. The van der Waals surface area contributed by atoms with E-state index < -0.39 is 0 Å². The molecule has 0 fully saturated rings. The first-order chi connectivity index (χ1) is 2.91. The van der Waals surface area contributed by atoms with Gasteiger partial charge in [0, 0.05) is 32.7 Å². The molecule has 0 nitrogen and oxygen atoms in total. The van der Waals surface area contributed by atoms with Crippen LogP contribution in [0.15, 0.2) is 6.08 Å². The molecule has 0 amide bonds. The third-order valence-electron chi connectivity index (χ3n) is 0.289. The first-order valence-electron chi connectivity index (χ1n) is 2.07. The Kier molecular flexibility index (Phi) is 174. The molecule has 0 saturated carbocycles. The topological polar surface area (TPSA) is 0 Å². The zero-order valence-corrected chi connectivity index (χ0v) is 12.6. The van der Waals surface area contributed by atoms with Crippen LogP contribution < -0.4 is 0 Å². The van der Waals surface area contributed by atoms with Crippen molar-refractivity contribution in [2.45, 2.75) is 20.8 Å². The van der Waals surface area contributed by atoms with Crippen molar-refractivity contribution in [3.63, 3.8) is 0 Å². The number of allylic oxidation sites excluding steroid dienone is 2. The largest absolute Gasteiger partial charge is 3.00 e. The second-order valence-corrected chi connectivity index (χ2v) is 0.577. The van der Waals surface area contributed by atoms with Gasteiger partial charge < -0.3 is 20.4 Å². The predicted octanol–water partition coefficient (Wildman–Crippen LogP) is 2.67. The molecule has 0 aromatic heterocycles. The number of hydrogen-bond donors (Lipinski definition) is 0. The molecule has 0 unspecified atom stereocenters. The summed E-state index contributed by atoms with van der Waals surface area (Å²) < 4.78 is 0. The van der Waals surface area contributed by atoms with Crippen molar-refractivity contribution in [2.75, 3.05) is 0 Å². The Morgan fingerprint density at radius 1 is 1.33 bits per heavy atom. The summed E-state index contributed by atoms with van der Waals surface area (Å²) in [4.78, 5) is 0. The Labute approximate surface area is 111 Å². The van der Waals surface area contributed by atoms with Gasteiger partial charge in [0.2, 0.25) is 0 Å². The van der Waals surface area contributed by atoms with Gasteiger partial charge in [-0.05, 0) is 0 Å². The van der Waals surface area contributed by atoms with Gasteiger partial charge in [-0.25, -0.2) is 0 Å². The van der Waals surface area contributed by atoms with Gasteiger partial charge in [0.1, 0.15) is 0 Å². The molecule has 2 heteroatoms. The average molecular weight is 277 g/mol. The maximum atomic E-state index is 3.25. The van der Waals surface area contributed by atoms with Crippen LogP contribution in [0.1, 0.15) is 20.8 Å². The van der Waals surface area contributed by atoms with E-state index in [0.717, 1.165) is 0 Å². The molecule has 0 aliphatic carbocycles. The van der Waals surface area contributed by atoms with E-state index in [9.17, 15) is 0 Å². The third-order valence-corrected chi connectivity index (χ3v) is 0.289. The van der Waals surface area contributed by atoms with Gasteiger partial charge in [0.15, 0.2) is 0 Å². The third kappa shape index (κ3) is 72.3. The minimum absolute atomic E-state index is 0. The van der Waals surface area contributed by atoms with Gasteiger partial charge in [-0.3, -0.25) is 6.08 Å². The van der Waals surface area contributed by atoms with Crippen LogP contribution in [0.25, 0.3) is 0 Å². The van der Waals surface area contributed by atoms with Crippen molar-refractivity contribution in [3.05, 3.63) is 26.5 Å². The van der Waals surface area contributed by atoms with E-state index in [1.807, 2.05) is 19.9 Å². The van der Waals surface area contributed by atoms with Gasteiger partial charge in [0.05, 0.1) is 0 Å². The zero-order valence-electron chi connectivity index (χ0n) is 6.94. The van der Waals surface area contributed by atoms with E-state index in [4.69, 9.17) is 0 Å². The van der Waals surface area contributed by atoms with E-state index in [1.165, 1.54) is 0 Å². The number of hydrogen-bond acceptors (Lipinski definition) is 0. The molecule has 0 aromatic carbocycles. The van der Waals surface area contributed by atoms with Crippen LogP contribution in [-0.2, 0) is 65.4 Å². The van der Waals surface area contributed by atoms with Gasteiger partial charge in [-0.2, -0.15) is 13.8 Å². The van der Waals surface area contributed by atoms with Crippen LogP contribution in [0.5, 0.6) is 0 Å². The fourth-order valence-corrected chi connectivity index (χ4v) is 0. The van der Waals surface area contributed by atoms with Crippen LogP contribution in [0.2, 0.25) is 0 Å². The maximum Gasteiger partial charge on any atom is 3.00 e. The SMILES string of the molecule is C[C-]=CC.[CH2-]C.[CH3-].[Y+3].[Y]. The molecular formula is C7H15Y2. The summed E-state index contributed by atoms with van der Waals surface area (Å²) in [6.07, 6.45) is 4.68. The number of rotatable bonds is 0. The molecule has 0 N–H and O–H groups in total. The maximum absolute atomic E-state index is 3.25. The summed E-state index contributed by atoms with van der Waals surface area (Å²) >= 11 is 0. The normalized spacial score (nSPS) is 4.89. The van der Waals surface area contributed by atoms with E-state index in [0.29, 0.717) is 0 Å². The van der Waals surface area contributed by atoms with Crippen LogP contribution >= 0.6 is 0 Å². The van der Waals surface area contributed by atoms with Gasteiger partial charge in [-0.15, -0.1) is 0 Å². The molecule has 0 heterocycles. The summed E-state index contributed by atoms with van der Waals surface area (Å²) in [7, 11) is 0. The Balaban J connectivity index is -0.00000000990. The van der Waals surface area contributed by atoms with Crippen LogP contribution in [0.4, 0.5) is 0 Å². The fourth-order valence-electron chi connectivity index (χ4n) is 0. The van der Waals surface area contributed by atoms with E-state index in [-0.39, 0.29) is 72.8 Å². The smallest absolute Gasteiger partial charge is 0.504 e. The van der Waals surface area contributed by atoms with Crippen molar-refractivity contribution < 1.29 is 65.4 Å². The molecule has 1 radical (unpaired) electrons.